The van der Waals surface area contributed by atoms with Crippen LogP contribution < -0.4 is 10.6 Å². The molecule has 5 rings (SSSR count). The highest BCUT2D eigenvalue weighted by atomic mass is 16.5. The maximum Gasteiger partial charge on any atom is 0.338 e. The van der Waals surface area contributed by atoms with Crippen LogP contribution in [0.1, 0.15) is 36.0 Å². The molecule has 2 unspecified atom stereocenters. The van der Waals surface area contributed by atoms with Crippen LogP contribution in [0.5, 0.6) is 0 Å². The van der Waals surface area contributed by atoms with Gasteiger partial charge in [-0.3, -0.25) is 4.90 Å². The van der Waals surface area contributed by atoms with E-state index in [0.29, 0.717) is 23.6 Å². The van der Waals surface area contributed by atoms with Crippen molar-refractivity contribution in [1.29, 1.82) is 0 Å². The van der Waals surface area contributed by atoms with E-state index in [1.165, 1.54) is 12.0 Å². The van der Waals surface area contributed by atoms with E-state index < -0.39 is 12.0 Å². The molecule has 0 fully saturated rings. The van der Waals surface area contributed by atoms with Crippen LogP contribution in [0.25, 0.3) is 0 Å². The van der Waals surface area contributed by atoms with Crippen LogP contribution >= 0.6 is 0 Å². The lowest BCUT2D eigenvalue weighted by Gasteiger charge is -2.39. The summed E-state index contributed by atoms with van der Waals surface area (Å²) in [5.74, 6) is 0.00980. The third-order valence-corrected chi connectivity index (χ3v) is 6.09. The van der Waals surface area contributed by atoms with Crippen LogP contribution in [0.3, 0.4) is 0 Å². The zero-order valence-electron chi connectivity index (χ0n) is 18.4. The Kier molecular flexibility index (Phi) is 5.75. The summed E-state index contributed by atoms with van der Waals surface area (Å²) >= 11 is 0. The molecule has 2 N–H and O–H groups in total. The highest BCUT2D eigenvalue weighted by Gasteiger charge is 2.37. The number of esters is 1. The fourth-order valence-corrected chi connectivity index (χ4v) is 4.68. The van der Waals surface area contributed by atoms with Gasteiger partial charge in [-0.05, 0) is 36.8 Å². The molecule has 8 nitrogen and oxygen atoms in total. The summed E-state index contributed by atoms with van der Waals surface area (Å²) in [7, 11) is 0. The Hall–Kier alpha value is -3.78. The van der Waals surface area contributed by atoms with Gasteiger partial charge in [-0.1, -0.05) is 30.3 Å². The van der Waals surface area contributed by atoms with Crippen LogP contribution in [0.15, 0.2) is 82.7 Å². The molecule has 0 saturated heterocycles. The van der Waals surface area contributed by atoms with E-state index >= 15 is 0 Å². The number of nitrogens with one attached hydrogen (secondary N) is 2. The Bertz CT molecular complexity index is 1170. The maximum atomic E-state index is 13.0. The normalized spacial score (nSPS) is 20.7. The molecule has 0 radical (unpaired) electrons. The summed E-state index contributed by atoms with van der Waals surface area (Å²) in [6, 6.07) is 16.8. The number of fused-ring (bicyclic) bond motifs is 1. The molecule has 2 amide bonds. The second-order valence-corrected chi connectivity index (χ2v) is 8.07. The van der Waals surface area contributed by atoms with Gasteiger partial charge in [0.25, 0.3) is 0 Å². The van der Waals surface area contributed by atoms with E-state index in [2.05, 4.69) is 50.6 Å². The fraction of sp³-hybridized carbons (Fsp3) is 0.280. The second kappa shape index (κ2) is 8.99. The number of urea groups is 1. The van der Waals surface area contributed by atoms with Crippen molar-refractivity contribution in [2.75, 3.05) is 19.7 Å². The van der Waals surface area contributed by atoms with Gasteiger partial charge in [-0.15, -0.1) is 0 Å². The minimum Gasteiger partial charge on any atom is -0.467 e. The van der Waals surface area contributed by atoms with Crippen LogP contribution in [0.4, 0.5) is 4.79 Å². The molecule has 1 aromatic carbocycles. The van der Waals surface area contributed by atoms with Crippen LogP contribution in [0, 0.1) is 0 Å². The lowest BCUT2D eigenvalue weighted by atomic mass is 9.97. The summed E-state index contributed by atoms with van der Waals surface area (Å²) in [5, 5.41) is 5.68. The monoisotopic (exact) mass is 446 g/mol. The fourth-order valence-electron chi connectivity index (χ4n) is 4.68. The van der Waals surface area contributed by atoms with Crippen molar-refractivity contribution >= 4 is 12.0 Å². The van der Waals surface area contributed by atoms with Gasteiger partial charge in [0.05, 0.1) is 24.5 Å². The third-order valence-electron chi connectivity index (χ3n) is 6.09. The summed E-state index contributed by atoms with van der Waals surface area (Å²) in [6.45, 7) is 3.96. The molecule has 170 valence electrons. The van der Waals surface area contributed by atoms with Gasteiger partial charge in [-0.2, -0.15) is 0 Å². The number of hydrogen-bond acceptors (Lipinski definition) is 5. The average Bonchev–Trinajstić information content (AvgIpc) is 3.51. The first kappa shape index (κ1) is 21.1. The van der Waals surface area contributed by atoms with E-state index in [0.717, 1.165) is 18.7 Å². The molecule has 4 heterocycles. The van der Waals surface area contributed by atoms with Crippen molar-refractivity contribution < 1.29 is 18.7 Å². The minimum atomic E-state index is -0.716. The predicted octanol–water partition coefficient (Wildman–Crippen LogP) is 3.36. The Balaban J connectivity index is 1.56. The number of hydrogen-bond donors (Lipinski definition) is 2. The molecule has 0 bridgehead atoms. The largest absolute Gasteiger partial charge is 0.467 e. The van der Waals surface area contributed by atoms with Gasteiger partial charge < -0.3 is 24.4 Å². The van der Waals surface area contributed by atoms with E-state index in [1.54, 1.807) is 19.1 Å². The van der Waals surface area contributed by atoms with Gasteiger partial charge >= 0.3 is 12.0 Å². The van der Waals surface area contributed by atoms with Gasteiger partial charge in [0.2, 0.25) is 0 Å². The average molecular weight is 447 g/mol. The lowest BCUT2D eigenvalue weighted by Crippen LogP contribution is -2.49. The summed E-state index contributed by atoms with van der Waals surface area (Å²) < 4.78 is 13.2. The molecule has 0 spiro atoms. The Morgan fingerprint density at radius 3 is 2.73 bits per heavy atom. The zero-order valence-corrected chi connectivity index (χ0v) is 18.4. The van der Waals surface area contributed by atoms with Crippen molar-refractivity contribution in [2.24, 2.45) is 0 Å². The van der Waals surface area contributed by atoms with Crippen molar-refractivity contribution in [1.82, 2.24) is 20.1 Å². The Morgan fingerprint density at radius 1 is 1.12 bits per heavy atom. The van der Waals surface area contributed by atoms with Gasteiger partial charge in [0.15, 0.2) is 0 Å². The topological polar surface area (TPSA) is 88.7 Å². The van der Waals surface area contributed by atoms with E-state index in [1.807, 2.05) is 18.2 Å². The summed E-state index contributed by atoms with van der Waals surface area (Å²) in [4.78, 5) is 27.9. The van der Waals surface area contributed by atoms with Crippen molar-refractivity contribution in [3.63, 3.8) is 0 Å². The first-order valence-corrected chi connectivity index (χ1v) is 11.1. The van der Waals surface area contributed by atoms with Crippen LogP contribution in [-0.4, -0.2) is 41.2 Å². The molecule has 3 aromatic rings. The lowest BCUT2D eigenvalue weighted by molar-refractivity contribution is -0.139. The first-order chi connectivity index (χ1) is 16.2. The first-order valence-electron chi connectivity index (χ1n) is 11.1. The highest BCUT2D eigenvalue weighted by molar-refractivity contribution is 5.95. The molecule has 2 aliphatic heterocycles. The van der Waals surface area contributed by atoms with Crippen molar-refractivity contribution in [2.45, 2.75) is 25.6 Å². The highest BCUT2D eigenvalue weighted by Crippen LogP contribution is 2.34. The Morgan fingerprint density at radius 2 is 1.97 bits per heavy atom. The maximum absolute atomic E-state index is 13.0. The molecule has 8 heteroatoms. The number of benzene rings is 1. The Labute approximate surface area is 191 Å². The van der Waals surface area contributed by atoms with Crippen molar-refractivity contribution in [3.8, 4) is 0 Å². The number of amides is 2. The van der Waals surface area contributed by atoms with Gasteiger partial charge in [0, 0.05) is 37.2 Å². The summed E-state index contributed by atoms with van der Waals surface area (Å²) in [6.07, 6.45) is 3.61. The minimum absolute atomic E-state index is 0.0141. The molecule has 2 atom stereocenters. The number of carbonyl (C=O) groups excluding carboxylic acids is 2. The van der Waals surface area contributed by atoms with Gasteiger partial charge in [-0.25, -0.2) is 9.59 Å². The summed E-state index contributed by atoms with van der Waals surface area (Å²) in [5.41, 5.74) is 3.21. The standard InChI is InChI=1S/C25H26N4O4/c1-2-32-24(30)21-18(26-25(31)27-22(21)20-11-7-15-33-20)16-29-14-13-28-12-6-10-19(28)23(29)17-8-4-3-5-9-17/h3-12,15,22-23H,2,13-14,16H2,1H3,(H2,26,27,31). The molecular weight excluding hydrogens is 420 g/mol. The number of carbonyl (C=O) groups is 2. The van der Waals surface area contributed by atoms with E-state index in [-0.39, 0.29) is 18.7 Å². The molecular formula is C25H26N4O4. The predicted molar refractivity (Wildman–Crippen MR) is 121 cm³/mol. The number of nitrogens with zero attached hydrogens (tertiary/aromatic N) is 2. The second-order valence-electron chi connectivity index (χ2n) is 8.07. The zero-order chi connectivity index (χ0) is 22.8. The molecule has 2 aromatic heterocycles. The number of ether oxygens (including phenoxy) is 1. The van der Waals surface area contributed by atoms with Crippen molar-refractivity contribution in [3.05, 3.63) is 95.3 Å². The number of aromatic nitrogens is 1. The molecule has 0 saturated carbocycles. The van der Waals surface area contributed by atoms with Crippen LogP contribution in [0.2, 0.25) is 0 Å². The molecule has 0 aliphatic carbocycles. The van der Waals surface area contributed by atoms with E-state index in [4.69, 9.17) is 9.15 Å². The van der Waals surface area contributed by atoms with Crippen LogP contribution in [-0.2, 0) is 16.1 Å². The quantitative estimate of drug-likeness (QED) is 0.567. The smallest absolute Gasteiger partial charge is 0.338 e. The third kappa shape index (κ3) is 4.05. The van der Waals surface area contributed by atoms with E-state index in [9.17, 15) is 9.59 Å². The SMILES string of the molecule is CCOC(=O)C1=C(CN2CCn3cccc3C2c2ccccc2)NC(=O)NC1c1ccco1. The molecule has 2 aliphatic rings. The van der Waals surface area contributed by atoms with Gasteiger partial charge in [0.1, 0.15) is 11.8 Å². The number of furan rings is 1. The number of rotatable bonds is 6. The molecule has 33 heavy (non-hydrogen) atoms.